The zero-order chi connectivity index (χ0) is 11.6. The van der Waals surface area contributed by atoms with Crippen LogP contribution in [0.1, 0.15) is 5.56 Å². The molecule has 0 spiro atoms. The maximum Gasteiger partial charge on any atom is 0.305 e. The molecule has 1 aromatic rings. The standard InChI is InChI=1S/C8H7F2N3O2/c1-12-8(11)6-4(9)2-3-5(7(6)10)13(14)15/h2-3H,1H3,(H2,11,12). The summed E-state index contributed by atoms with van der Waals surface area (Å²) >= 11 is 0. The molecule has 0 radical (unpaired) electrons. The van der Waals surface area contributed by atoms with Gasteiger partial charge in [0, 0.05) is 13.1 Å². The Morgan fingerprint density at radius 3 is 2.60 bits per heavy atom. The third-order valence-corrected chi connectivity index (χ3v) is 1.76. The molecule has 0 aliphatic carbocycles. The van der Waals surface area contributed by atoms with Gasteiger partial charge < -0.3 is 5.73 Å². The first kappa shape index (κ1) is 11.0. The highest BCUT2D eigenvalue weighted by molar-refractivity contribution is 5.98. The molecule has 0 bridgehead atoms. The van der Waals surface area contributed by atoms with E-state index in [1.807, 2.05) is 0 Å². The molecule has 0 unspecified atom stereocenters. The van der Waals surface area contributed by atoms with E-state index in [4.69, 9.17) is 5.73 Å². The van der Waals surface area contributed by atoms with Crippen LogP contribution >= 0.6 is 0 Å². The van der Waals surface area contributed by atoms with Crippen molar-refractivity contribution in [2.24, 2.45) is 10.7 Å². The van der Waals surface area contributed by atoms with Gasteiger partial charge in [-0.3, -0.25) is 15.1 Å². The molecule has 0 fully saturated rings. The van der Waals surface area contributed by atoms with Crippen LogP contribution in [-0.2, 0) is 0 Å². The predicted octanol–water partition coefficient (Wildman–Crippen LogP) is 1.21. The first-order valence-electron chi connectivity index (χ1n) is 3.84. The molecule has 1 aromatic carbocycles. The van der Waals surface area contributed by atoms with Gasteiger partial charge >= 0.3 is 5.69 Å². The van der Waals surface area contributed by atoms with E-state index >= 15 is 0 Å². The third-order valence-electron chi connectivity index (χ3n) is 1.76. The molecule has 0 aromatic heterocycles. The minimum Gasteiger partial charge on any atom is -0.383 e. The molecule has 80 valence electrons. The van der Waals surface area contributed by atoms with Crippen molar-refractivity contribution in [1.29, 1.82) is 0 Å². The number of hydrogen-bond acceptors (Lipinski definition) is 3. The summed E-state index contributed by atoms with van der Waals surface area (Å²) in [7, 11) is 1.23. The Bertz CT molecular complexity index is 446. The van der Waals surface area contributed by atoms with Gasteiger partial charge in [-0.1, -0.05) is 0 Å². The number of nitro groups is 1. The zero-order valence-corrected chi connectivity index (χ0v) is 7.70. The smallest absolute Gasteiger partial charge is 0.305 e. The summed E-state index contributed by atoms with van der Waals surface area (Å²) in [5, 5.41) is 10.4. The Balaban J connectivity index is 3.50. The summed E-state index contributed by atoms with van der Waals surface area (Å²) in [5.41, 5.74) is 3.70. The molecule has 0 amide bonds. The molecule has 0 atom stereocenters. The van der Waals surface area contributed by atoms with Crippen LogP contribution in [0.4, 0.5) is 14.5 Å². The van der Waals surface area contributed by atoms with E-state index in [2.05, 4.69) is 4.99 Å². The van der Waals surface area contributed by atoms with Gasteiger partial charge in [0.1, 0.15) is 11.7 Å². The van der Waals surface area contributed by atoms with Crippen molar-refractivity contribution in [3.8, 4) is 0 Å². The molecule has 1 rings (SSSR count). The second kappa shape index (κ2) is 3.99. The monoisotopic (exact) mass is 215 g/mol. The van der Waals surface area contributed by atoms with E-state index in [9.17, 15) is 18.9 Å². The van der Waals surface area contributed by atoms with Gasteiger partial charge in [-0.2, -0.15) is 4.39 Å². The molecule has 5 nitrogen and oxygen atoms in total. The molecule has 0 aliphatic rings. The highest BCUT2D eigenvalue weighted by atomic mass is 19.1. The second-order valence-corrected chi connectivity index (χ2v) is 2.62. The lowest BCUT2D eigenvalue weighted by atomic mass is 10.1. The van der Waals surface area contributed by atoms with E-state index in [0.717, 1.165) is 12.1 Å². The molecule has 0 saturated heterocycles. The summed E-state index contributed by atoms with van der Waals surface area (Å²) in [6.07, 6.45) is 0. The normalized spacial score (nSPS) is 11.5. The van der Waals surface area contributed by atoms with Crippen LogP contribution in [0.5, 0.6) is 0 Å². The second-order valence-electron chi connectivity index (χ2n) is 2.62. The lowest BCUT2D eigenvalue weighted by molar-refractivity contribution is -0.387. The fourth-order valence-electron chi connectivity index (χ4n) is 1.03. The summed E-state index contributed by atoms with van der Waals surface area (Å²) in [4.78, 5) is 12.8. The van der Waals surface area contributed by atoms with E-state index in [0.29, 0.717) is 0 Å². The number of nitro benzene ring substituents is 1. The van der Waals surface area contributed by atoms with Crippen LogP contribution in [0.25, 0.3) is 0 Å². The number of benzene rings is 1. The van der Waals surface area contributed by atoms with E-state index < -0.39 is 33.6 Å². The quantitative estimate of drug-likeness (QED) is 0.348. The zero-order valence-electron chi connectivity index (χ0n) is 7.70. The highest BCUT2D eigenvalue weighted by Gasteiger charge is 2.23. The van der Waals surface area contributed by atoms with Crippen LogP contribution in [0, 0.1) is 21.7 Å². The average molecular weight is 215 g/mol. The Morgan fingerprint density at radius 1 is 1.53 bits per heavy atom. The number of amidine groups is 1. The fraction of sp³-hybridized carbons (Fsp3) is 0.125. The van der Waals surface area contributed by atoms with Gasteiger partial charge in [0.05, 0.1) is 10.5 Å². The van der Waals surface area contributed by atoms with Crippen molar-refractivity contribution in [3.63, 3.8) is 0 Å². The minimum atomic E-state index is -1.32. The Kier molecular flexibility index (Phi) is 2.93. The first-order valence-corrected chi connectivity index (χ1v) is 3.84. The van der Waals surface area contributed by atoms with Gasteiger partial charge in [-0.05, 0) is 6.07 Å². The Labute approximate surface area is 83.4 Å². The molecule has 7 heteroatoms. The maximum absolute atomic E-state index is 13.4. The van der Waals surface area contributed by atoms with Crippen molar-refractivity contribution in [3.05, 3.63) is 39.4 Å². The molecular formula is C8H7F2N3O2. The summed E-state index contributed by atoms with van der Waals surface area (Å²) < 4.78 is 26.5. The van der Waals surface area contributed by atoms with Gasteiger partial charge in [0.2, 0.25) is 5.82 Å². The van der Waals surface area contributed by atoms with Crippen LogP contribution in [-0.4, -0.2) is 17.8 Å². The number of aliphatic imine (C=N–C) groups is 1. The van der Waals surface area contributed by atoms with Crippen LogP contribution < -0.4 is 5.73 Å². The lowest BCUT2D eigenvalue weighted by Crippen LogP contribution is -2.18. The lowest BCUT2D eigenvalue weighted by Gasteiger charge is -2.03. The van der Waals surface area contributed by atoms with Crippen LogP contribution in [0.3, 0.4) is 0 Å². The maximum atomic E-state index is 13.4. The van der Waals surface area contributed by atoms with Crippen LogP contribution in [0.2, 0.25) is 0 Å². The van der Waals surface area contributed by atoms with Crippen molar-refractivity contribution >= 4 is 11.5 Å². The summed E-state index contributed by atoms with van der Waals surface area (Å²) in [5.74, 6) is -2.72. The predicted molar refractivity (Wildman–Crippen MR) is 49.7 cm³/mol. The fourth-order valence-corrected chi connectivity index (χ4v) is 1.03. The first-order chi connectivity index (χ1) is 6.99. The molecule has 15 heavy (non-hydrogen) atoms. The number of halogens is 2. The van der Waals surface area contributed by atoms with Gasteiger partial charge in [-0.25, -0.2) is 4.39 Å². The molecule has 0 aliphatic heterocycles. The molecule has 0 heterocycles. The van der Waals surface area contributed by atoms with Crippen molar-refractivity contribution in [1.82, 2.24) is 0 Å². The third kappa shape index (κ3) is 1.90. The Hall–Kier alpha value is -2.05. The van der Waals surface area contributed by atoms with Gasteiger partial charge in [0.25, 0.3) is 0 Å². The SMILES string of the molecule is CN=C(N)c1c(F)ccc([N+](=O)[O-])c1F. The number of hydrogen-bond donors (Lipinski definition) is 1. The van der Waals surface area contributed by atoms with E-state index in [1.165, 1.54) is 7.05 Å². The highest BCUT2D eigenvalue weighted by Crippen LogP contribution is 2.22. The van der Waals surface area contributed by atoms with Crippen molar-refractivity contribution in [2.45, 2.75) is 0 Å². The van der Waals surface area contributed by atoms with Crippen molar-refractivity contribution < 1.29 is 13.7 Å². The topological polar surface area (TPSA) is 81.5 Å². The largest absolute Gasteiger partial charge is 0.383 e. The van der Waals surface area contributed by atoms with E-state index in [-0.39, 0.29) is 0 Å². The van der Waals surface area contributed by atoms with E-state index in [1.54, 1.807) is 0 Å². The van der Waals surface area contributed by atoms with Gasteiger partial charge in [-0.15, -0.1) is 0 Å². The molecule has 0 saturated carbocycles. The minimum absolute atomic E-state index is 0.423. The van der Waals surface area contributed by atoms with Gasteiger partial charge in [0.15, 0.2) is 0 Å². The Morgan fingerprint density at radius 2 is 2.13 bits per heavy atom. The van der Waals surface area contributed by atoms with Crippen molar-refractivity contribution in [2.75, 3.05) is 7.05 Å². The molecule has 2 N–H and O–H groups in total. The number of nitrogens with two attached hydrogens (primary N) is 1. The number of nitrogens with zero attached hydrogens (tertiary/aromatic N) is 2. The number of rotatable bonds is 2. The summed E-state index contributed by atoms with van der Waals surface area (Å²) in [6.45, 7) is 0. The van der Waals surface area contributed by atoms with Crippen LogP contribution in [0.15, 0.2) is 17.1 Å². The average Bonchev–Trinajstić information content (AvgIpc) is 2.16. The summed E-state index contributed by atoms with van der Waals surface area (Å²) in [6, 6.07) is 1.51. The molecular weight excluding hydrogens is 208 g/mol.